The Balaban J connectivity index is 2.43. The summed E-state index contributed by atoms with van der Waals surface area (Å²) < 4.78 is 0. The summed E-state index contributed by atoms with van der Waals surface area (Å²) in [6, 6.07) is 8.22. The monoisotopic (exact) mass is 238 g/mol. The van der Waals surface area contributed by atoms with Gasteiger partial charge in [0.25, 0.3) is 0 Å². The van der Waals surface area contributed by atoms with Crippen LogP contribution in [0.4, 0.5) is 0 Å². The highest BCUT2D eigenvalue weighted by Gasteiger charge is 2.37. The Labute approximate surface area is 103 Å². The zero-order valence-electron chi connectivity index (χ0n) is 9.96. The minimum absolute atomic E-state index is 0.101. The van der Waals surface area contributed by atoms with Gasteiger partial charge in [0.05, 0.1) is 0 Å². The summed E-state index contributed by atoms with van der Waals surface area (Å²) in [4.78, 5) is 2.31. The normalized spacial score (nSPS) is 20.0. The highest BCUT2D eigenvalue weighted by atomic mass is 35.5. The maximum atomic E-state index is 6.34. The molecule has 0 radical (unpaired) electrons. The van der Waals surface area contributed by atoms with Gasteiger partial charge in [-0.2, -0.15) is 0 Å². The first-order chi connectivity index (χ1) is 7.67. The molecule has 16 heavy (non-hydrogen) atoms. The fraction of sp³-hybridized carbons (Fsp3) is 0.538. The van der Waals surface area contributed by atoms with Crippen molar-refractivity contribution in [1.29, 1.82) is 0 Å². The first-order valence-corrected chi connectivity index (χ1v) is 6.18. The summed E-state index contributed by atoms with van der Waals surface area (Å²) in [6.07, 6.45) is 2.23. The van der Waals surface area contributed by atoms with Crippen LogP contribution in [-0.2, 0) is 5.54 Å². The molecule has 88 valence electrons. The third kappa shape index (κ3) is 1.97. The van der Waals surface area contributed by atoms with E-state index in [2.05, 4.69) is 36.4 Å². The highest BCUT2D eigenvalue weighted by Crippen LogP contribution is 2.38. The second-order valence-electron chi connectivity index (χ2n) is 4.66. The molecule has 0 amide bonds. The van der Waals surface area contributed by atoms with Gasteiger partial charge in [-0.25, -0.2) is 0 Å². The molecule has 1 fully saturated rings. The average molecular weight is 239 g/mol. The van der Waals surface area contributed by atoms with Gasteiger partial charge in [0.15, 0.2) is 0 Å². The average Bonchev–Trinajstić information content (AvgIpc) is 2.30. The van der Waals surface area contributed by atoms with Crippen molar-refractivity contribution in [2.24, 2.45) is 0 Å². The predicted molar refractivity (Wildman–Crippen MR) is 68.9 cm³/mol. The van der Waals surface area contributed by atoms with Crippen LogP contribution < -0.4 is 5.32 Å². The minimum Gasteiger partial charge on any atom is -0.317 e. The Morgan fingerprint density at radius 1 is 1.19 bits per heavy atom. The van der Waals surface area contributed by atoms with Crippen molar-refractivity contribution >= 4 is 11.6 Å². The fourth-order valence-corrected chi connectivity index (χ4v) is 2.95. The van der Waals surface area contributed by atoms with E-state index in [4.69, 9.17) is 11.6 Å². The quantitative estimate of drug-likeness (QED) is 0.852. The molecule has 0 bridgehead atoms. The summed E-state index contributed by atoms with van der Waals surface area (Å²) in [7, 11) is 4.29. The summed E-state index contributed by atoms with van der Waals surface area (Å²) in [6.45, 7) is 2.12. The van der Waals surface area contributed by atoms with Gasteiger partial charge in [-0.05, 0) is 51.7 Å². The molecule has 1 heterocycles. The SMILES string of the molecule is CN(C)C1(c2ccccc2Cl)CCNCC1. The lowest BCUT2D eigenvalue weighted by Gasteiger charge is -2.44. The highest BCUT2D eigenvalue weighted by molar-refractivity contribution is 6.31. The summed E-state index contributed by atoms with van der Waals surface area (Å²) >= 11 is 6.34. The first-order valence-electron chi connectivity index (χ1n) is 5.80. The van der Waals surface area contributed by atoms with E-state index in [1.165, 1.54) is 5.56 Å². The van der Waals surface area contributed by atoms with Crippen molar-refractivity contribution in [3.8, 4) is 0 Å². The van der Waals surface area contributed by atoms with Crippen LogP contribution in [0.25, 0.3) is 0 Å². The van der Waals surface area contributed by atoms with Gasteiger partial charge in [0, 0.05) is 10.6 Å². The Bertz CT molecular complexity index is 357. The minimum atomic E-state index is 0.101. The van der Waals surface area contributed by atoms with Crippen LogP contribution in [0.15, 0.2) is 24.3 Å². The Morgan fingerprint density at radius 3 is 2.38 bits per heavy atom. The smallest absolute Gasteiger partial charge is 0.0493 e. The van der Waals surface area contributed by atoms with E-state index in [1.54, 1.807) is 0 Å². The topological polar surface area (TPSA) is 15.3 Å². The fourth-order valence-electron chi connectivity index (χ4n) is 2.64. The molecule has 2 rings (SSSR count). The Kier molecular flexibility index (Phi) is 3.53. The van der Waals surface area contributed by atoms with Crippen LogP contribution in [0.3, 0.4) is 0 Å². The van der Waals surface area contributed by atoms with Crippen LogP contribution >= 0.6 is 11.6 Å². The second-order valence-corrected chi connectivity index (χ2v) is 5.06. The molecule has 0 spiro atoms. The first kappa shape index (κ1) is 11.9. The second kappa shape index (κ2) is 4.74. The van der Waals surface area contributed by atoms with Gasteiger partial charge < -0.3 is 5.32 Å². The maximum absolute atomic E-state index is 6.34. The summed E-state index contributed by atoms with van der Waals surface area (Å²) in [5.41, 5.74) is 1.37. The number of hydrogen-bond acceptors (Lipinski definition) is 2. The van der Waals surface area contributed by atoms with Crippen molar-refractivity contribution in [2.75, 3.05) is 27.2 Å². The van der Waals surface area contributed by atoms with Gasteiger partial charge in [0.1, 0.15) is 0 Å². The Hall–Kier alpha value is -0.570. The predicted octanol–water partition coefficient (Wildman–Crippen LogP) is 2.48. The summed E-state index contributed by atoms with van der Waals surface area (Å²) in [5, 5.41) is 4.30. The zero-order chi connectivity index (χ0) is 11.6. The van der Waals surface area contributed by atoms with E-state index < -0.39 is 0 Å². The zero-order valence-corrected chi connectivity index (χ0v) is 10.7. The van der Waals surface area contributed by atoms with Crippen molar-refractivity contribution in [2.45, 2.75) is 18.4 Å². The lowest BCUT2D eigenvalue weighted by molar-refractivity contribution is 0.107. The third-order valence-corrected chi connectivity index (χ3v) is 3.99. The standard InChI is InChI=1S/C13H19ClN2/c1-16(2)13(7-9-15-10-8-13)11-5-3-4-6-12(11)14/h3-6,15H,7-10H2,1-2H3. The van der Waals surface area contributed by atoms with Crippen LogP contribution in [0.2, 0.25) is 5.02 Å². The van der Waals surface area contributed by atoms with Crippen LogP contribution in [0.5, 0.6) is 0 Å². The molecular weight excluding hydrogens is 220 g/mol. The molecule has 1 aliphatic heterocycles. The number of halogens is 1. The molecule has 1 aromatic carbocycles. The Morgan fingerprint density at radius 2 is 1.81 bits per heavy atom. The molecule has 0 atom stereocenters. The lowest BCUT2D eigenvalue weighted by Crippen LogP contribution is -2.49. The van der Waals surface area contributed by atoms with E-state index in [1.807, 2.05) is 12.1 Å². The lowest BCUT2D eigenvalue weighted by atomic mass is 9.80. The van der Waals surface area contributed by atoms with Crippen LogP contribution in [0, 0.1) is 0 Å². The van der Waals surface area contributed by atoms with Gasteiger partial charge in [-0.15, -0.1) is 0 Å². The molecular formula is C13H19ClN2. The van der Waals surface area contributed by atoms with Crippen molar-refractivity contribution < 1.29 is 0 Å². The van der Waals surface area contributed by atoms with Gasteiger partial charge in [-0.1, -0.05) is 29.8 Å². The molecule has 1 aromatic rings. The van der Waals surface area contributed by atoms with Gasteiger partial charge in [-0.3, -0.25) is 4.90 Å². The molecule has 0 aromatic heterocycles. The van der Waals surface area contributed by atoms with Crippen molar-refractivity contribution in [1.82, 2.24) is 10.2 Å². The van der Waals surface area contributed by atoms with E-state index in [-0.39, 0.29) is 5.54 Å². The molecule has 1 N–H and O–H groups in total. The molecule has 3 heteroatoms. The number of piperidine rings is 1. The van der Waals surface area contributed by atoms with E-state index in [9.17, 15) is 0 Å². The number of hydrogen-bond donors (Lipinski definition) is 1. The molecule has 0 unspecified atom stereocenters. The van der Waals surface area contributed by atoms with Crippen molar-refractivity contribution in [3.05, 3.63) is 34.9 Å². The molecule has 2 nitrogen and oxygen atoms in total. The number of nitrogens with one attached hydrogen (secondary N) is 1. The molecule has 1 saturated heterocycles. The molecule has 1 aliphatic rings. The maximum Gasteiger partial charge on any atom is 0.0493 e. The van der Waals surface area contributed by atoms with Gasteiger partial charge >= 0.3 is 0 Å². The van der Waals surface area contributed by atoms with E-state index >= 15 is 0 Å². The largest absolute Gasteiger partial charge is 0.317 e. The molecule has 0 saturated carbocycles. The van der Waals surface area contributed by atoms with Crippen LogP contribution in [-0.4, -0.2) is 32.1 Å². The van der Waals surface area contributed by atoms with Crippen molar-refractivity contribution in [3.63, 3.8) is 0 Å². The number of nitrogens with zero attached hydrogens (tertiary/aromatic N) is 1. The third-order valence-electron chi connectivity index (χ3n) is 3.66. The number of benzene rings is 1. The van der Waals surface area contributed by atoms with E-state index in [0.717, 1.165) is 31.0 Å². The summed E-state index contributed by atoms with van der Waals surface area (Å²) in [5.74, 6) is 0. The van der Waals surface area contributed by atoms with Crippen LogP contribution in [0.1, 0.15) is 18.4 Å². The van der Waals surface area contributed by atoms with E-state index in [0.29, 0.717) is 0 Å². The van der Waals surface area contributed by atoms with Gasteiger partial charge in [0.2, 0.25) is 0 Å². The molecule has 0 aliphatic carbocycles. The number of rotatable bonds is 2.